The van der Waals surface area contributed by atoms with Gasteiger partial charge in [0.15, 0.2) is 0 Å². The summed E-state index contributed by atoms with van der Waals surface area (Å²) < 4.78 is 61.0. The number of rotatable bonds is 7. The maximum absolute atomic E-state index is 12.0. The molecular formula is C13H19F3N2O2S. The second-order valence-electron chi connectivity index (χ2n) is 4.94. The van der Waals surface area contributed by atoms with E-state index in [-0.39, 0.29) is 4.90 Å². The van der Waals surface area contributed by atoms with E-state index in [1.165, 1.54) is 16.9 Å². The lowest BCUT2D eigenvalue weighted by Gasteiger charge is -2.10. The molecule has 120 valence electrons. The third-order valence-electron chi connectivity index (χ3n) is 2.66. The molecule has 0 heterocycles. The zero-order valence-electron chi connectivity index (χ0n) is 11.9. The standard InChI is InChI=1S/C13H19F3N2O2S/c1-10(2)17-8-7-11-3-5-12(6-4-11)21(19,20)18-9-13(14,15)16/h3-6,10,17-18H,7-9H2,1-2H3. The van der Waals surface area contributed by atoms with Crippen LogP contribution in [0.5, 0.6) is 0 Å². The highest BCUT2D eigenvalue weighted by Crippen LogP contribution is 2.15. The quantitative estimate of drug-likeness (QED) is 0.807. The van der Waals surface area contributed by atoms with Gasteiger partial charge in [0.25, 0.3) is 0 Å². The predicted octanol–water partition coefficient (Wildman–Crippen LogP) is 2.07. The van der Waals surface area contributed by atoms with E-state index in [0.717, 1.165) is 12.1 Å². The molecule has 0 saturated heterocycles. The number of halogens is 3. The predicted molar refractivity (Wildman–Crippen MR) is 74.5 cm³/mol. The van der Waals surface area contributed by atoms with Crippen molar-refractivity contribution in [2.75, 3.05) is 13.1 Å². The van der Waals surface area contributed by atoms with Crippen molar-refractivity contribution < 1.29 is 21.6 Å². The van der Waals surface area contributed by atoms with Crippen LogP contribution in [0, 0.1) is 0 Å². The number of hydrogen-bond acceptors (Lipinski definition) is 3. The molecule has 0 fully saturated rings. The molecular weight excluding hydrogens is 305 g/mol. The molecule has 0 aliphatic heterocycles. The number of alkyl halides is 3. The summed E-state index contributed by atoms with van der Waals surface area (Å²) in [7, 11) is -4.13. The van der Waals surface area contributed by atoms with E-state index in [9.17, 15) is 21.6 Å². The number of benzene rings is 1. The highest BCUT2D eigenvalue weighted by molar-refractivity contribution is 7.89. The topological polar surface area (TPSA) is 58.2 Å². The van der Waals surface area contributed by atoms with Gasteiger partial charge >= 0.3 is 6.18 Å². The van der Waals surface area contributed by atoms with Crippen LogP contribution < -0.4 is 10.0 Å². The fourth-order valence-electron chi connectivity index (χ4n) is 1.60. The van der Waals surface area contributed by atoms with Crippen molar-refractivity contribution in [1.29, 1.82) is 0 Å². The molecule has 0 radical (unpaired) electrons. The molecule has 0 spiro atoms. The first-order valence-electron chi connectivity index (χ1n) is 6.49. The summed E-state index contributed by atoms with van der Waals surface area (Å²) in [6.45, 7) is 3.20. The molecule has 0 bridgehead atoms. The minimum atomic E-state index is -4.57. The fraction of sp³-hybridized carbons (Fsp3) is 0.538. The molecule has 1 rings (SSSR count). The molecule has 1 aromatic rings. The highest BCUT2D eigenvalue weighted by Gasteiger charge is 2.29. The second kappa shape index (κ2) is 7.24. The van der Waals surface area contributed by atoms with Crippen molar-refractivity contribution >= 4 is 10.0 Å². The number of nitrogens with one attached hydrogen (secondary N) is 2. The maximum atomic E-state index is 12.0. The summed E-state index contributed by atoms with van der Waals surface area (Å²) in [6.07, 6.45) is -3.86. The molecule has 0 amide bonds. The SMILES string of the molecule is CC(C)NCCc1ccc(S(=O)(=O)NCC(F)(F)F)cc1. The number of hydrogen-bond donors (Lipinski definition) is 2. The molecule has 0 saturated carbocycles. The third kappa shape index (κ3) is 6.92. The second-order valence-corrected chi connectivity index (χ2v) is 6.71. The summed E-state index contributed by atoms with van der Waals surface area (Å²) in [4.78, 5) is -0.174. The van der Waals surface area contributed by atoms with Crippen LogP contribution in [0.4, 0.5) is 13.2 Å². The van der Waals surface area contributed by atoms with Gasteiger partial charge in [0.1, 0.15) is 6.54 Å². The summed E-state index contributed by atoms with van der Waals surface area (Å²) in [6, 6.07) is 6.18. The molecule has 0 aliphatic carbocycles. The smallest absolute Gasteiger partial charge is 0.314 e. The van der Waals surface area contributed by atoms with Crippen molar-refractivity contribution in [3.8, 4) is 0 Å². The van der Waals surface area contributed by atoms with Crippen LogP contribution in [0.1, 0.15) is 19.4 Å². The van der Waals surface area contributed by atoms with Crippen LogP contribution in [0.25, 0.3) is 0 Å². The molecule has 8 heteroatoms. The Labute approximate surface area is 122 Å². The lowest BCUT2D eigenvalue weighted by molar-refractivity contribution is -0.121. The van der Waals surface area contributed by atoms with Crippen LogP contribution in [0.2, 0.25) is 0 Å². The zero-order chi connectivity index (χ0) is 16.1. The minimum Gasteiger partial charge on any atom is -0.314 e. The third-order valence-corrected chi connectivity index (χ3v) is 4.08. The van der Waals surface area contributed by atoms with Gasteiger partial charge < -0.3 is 5.32 Å². The van der Waals surface area contributed by atoms with E-state index in [2.05, 4.69) is 5.32 Å². The Morgan fingerprint density at radius 3 is 2.19 bits per heavy atom. The van der Waals surface area contributed by atoms with Gasteiger partial charge in [-0.25, -0.2) is 13.1 Å². The van der Waals surface area contributed by atoms with Crippen LogP contribution in [0.15, 0.2) is 29.2 Å². The Morgan fingerprint density at radius 1 is 1.14 bits per heavy atom. The van der Waals surface area contributed by atoms with Crippen molar-refractivity contribution in [2.24, 2.45) is 0 Å². The van der Waals surface area contributed by atoms with Gasteiger partial charge in [0.2, 0.25) is 10.0 Å². The Balaban J connectivity index is 2.64. The van der Waals surface area contributed by atoms with Gasteiger partial charge in [-0.15, -0.1) is 0 Å². The van der Waals surface area contributed by atoms with E-state index >= 15 is 0 Å². The van der Waals surface area contributed by atoms with Crippen molar-refractivity contribution in [2.45, 2.75) is 37.4 Å². The zero-order valence-corrected chi connectivity index (χ0v) is 12.7. The van der Waals surface area contributed by atoms with Crippen molar-refractivity contribution in [1.82, 2.24) is 10.0 Å². The van der Waals surface area contributed by atoms with Crippen LogP contribution in [-0.4, -0.2) is 33.7 Å². The molecule has 2 N–H and O–H groups in total. The molecule has 0 aromatic heterocycles. The van der Waals surface area contributed by atoms with Gasteiger partial charge in [0.05, 0.1) is 4.90 Å². The van der Waals surface area contributed by atoms with Gasteiger partial charge in [0, 0.05) is 6.04 Å². The molecule has 4 nitrogen and oxygen atoms in total. The lowest BCUT2D eigenvalue weighted by Crippen LogP contribution is -2.33. The fourth-order valence-corrected chi connectivity index (χ4v) is 2.62. The first-order valence-corrected chi connectivity index (χ1v) is 7.97. The Kier molecular flexibility index (Phi) is 6.18. The van der Waals surface area contributed by atoms with Crippen LogP contribution >= 0.6 is 0 Å². The van der Waals surface area contributed by atoms with Gasteiger partial charge in [-0.3, -0.25) is 0 Å². The van der Waals surface area contributed by atoms with Gasteiger partial charge in [-0.05, 0) is 30.7 Å². The van der Waals surface area contributed by atoms with E-state index in [4.69, 9.17) is 0 Å². The average molecular weight is 324 g/mol. The summed E-state index contributed by atoms with van der Waals surface area (Å²) in [5.41, 5.74) is 0.915. The summed E-state index contributed by atoms with van der Waals surface area (Å²) in [5.74, 6) is 0. The summed E-state index contributed by atoms with van der Waals surface area (Å²) >= 11 is 0. The minimum absolute atomic E-state index is 0.174. The molecule has 0 atom stereocenters. The first-order chi connectivity index (χ1) is 9.60. The van der Waals surface area contributed by atoms with Crippen LogP contribution in [0.3, 0.4) is 0 Å². The van der Waals surface area contributed by atoms with E-state index < -0.39 is 22.7 Å². The Hall–Kier alpha value is -1.12. The summed E-state index contributed by atoms with van der Waals surface area (Å²) in [5, 5.41) is 3.22. The number of sulfonamides is 1. The van der Waals surface area contributed by atoms with Crippen molar-refractivity contribution in [3.05, 3.63) is 29.8 Å². The average Bonchev–Trinajstić information content (AvgIpc) is 2.36. The van der Waals surface area contributed by atoms with Crippen LogP contribution in [-0.2, 0) is 16.4 Å². The van der Waals surface area contributed by atoms with E-state index in [1.807, 2.05) is 13.8 Å². The first kappa shape index (κ1) is 17.9. The highest BCUT2D eigenvalue weighted by atomic mass is 32.2. The normalized spacial score (nSPS) is 12.9. The Bertz CT molecular complexity index is 540. The lowest BCUT2D eigenvalue weighted by atomic mass is 10.1. The molecule has 0 aliphatic rings. The monoisotopic (exact) mass is 324 g/mol. The molecule has 21 heavy (non-hydrogen) atoms. The van der Waals surface area contributed by atoms with Gasteiger partial charge in [-0.2, -0.15) is 13.2 Å². The largest absolute Gasteiger partial charge is 0.402 e. The maximum Gasteiger partial charge on any atom is 0.402 e. The van der Waals surface area contributed by atoms with E-state index in [1.54, 1.807) is 12.1 Å². The van der Waals surface area contributed by atoms with Gasteiger partial charge in [-0.1, -0.05) is 26.0 Å². The van der Waals surface area contributed by atoms with E-state index in [0.29, 0.717) is 12.5 Å². The Morgan fingerprint density at radius 2 is 1.71 bits per heavy atom. The molecule has 1 aromatic carbocycles. The van der Waals surface area contributed by atoms with Crippen molar-refractivity contribution in [3.63, 3.8) is 0 Å². The molecule has 0 unspecified atom stereocenters.